The van der Waals surface area contributed by atoms with E-state index in [0.29, 0.717) is 17.0 Å². The van der Waals surface area contributed by atoms with Gasteiger partial charge in [0.1, 0.15) is 23.0 Å². The predicted molar refractivity (Wildman–Crippen MR) is 177 cm³/mol. The van der Waals surface area contributed by atoms with E-state index in [2.05, 4.69) is 31.2 Å². The number of hydrogen-bond acceptors (Lipinski definition) is 4. The molecule has 6 rings (SSSR count). The molecule has 4 heteroatoms. The summed E-state index contributed by atoms with van der Waals surface area (Å²) < 4.78 is 0. The van der Waals surface area contributed by atoms with Crippen molar-refractivity contribution in [3.63, 3.8) is 0 Å². The summed E-state index contributed by atoms with van der Waals surface area (Å²) >= 11 is 0. The highest BCUT2D eigenvalue weighted by atomic mass is 16.3. The van der Waals surface area contributed by atoms with Crippen molar-refractivity contribution in [2.45, 2.75) is 57.3 Å². The van der Waals surface area contributed by atoms with E-state index in [1.807, 2.05) is 48.5 Å². The molecule has 0 aromatic heterocycles. The molecule has 4 N–H and O–H groups in total. The van der Waals surface area contributed by atoms with E-state index in [1.165, 1.54) is 44.1 Å². The number of hydrogen-bond donors (Lipinski definition) is 4. The summed E-state index contributed by atoms with van der Waals surface area (Å²) in [5, 5.41) is 42.3. The van der Waals surface area contributed by atoms with E-state index < -0.39 is 5.92 Å². The normalized spacial score (nSPS) is 16.7. The van der Waals surface area contributed by atoms with Gasteiger partial charge in [0.25, 0.3) is 0 Å². The lowest BCUT2D eigenvalue weighted by Gasteiger charge is -2.29. The van der Waals surface area contributed by atoms with E-state index in [9.17, 15) is 20.4 Å². The fourth-order valence-electron chi connectivity index (χ4n) is 6.92. The average molecular weight is 585 g/mol. The maximum Gasteiger partial charge on any atom is 0.119 e. The lowest BCUT2D eigenvalue weighted by molar-refractivity contribution is 0.308. The number of benzene rings is 5. The standard InChI is InChI=1S/C40H40O4/c1-2-3-26-4-6-27(7-5-26)28-8-10-31(11-9-28)40(36-24-32(16-22-38(36)43)29-12-18-34(41)19-13-29)37-25-33(17-23-39(37)44)30-14-20-35(42)21-15-30/h8-27,40-44H,2-7H2,1H3. The van der Waals surface area contributed by atoms with Gasteiger partial charge in [-0.1, -0.05) is 80.4 Å². The van der Waals surface area contributed by atoms with Crippen LogP contribution in [0.2, 0.25) is 0 Å². The highest BCUT2D eigenvalue weighted by Crippen LogP contribution is 2.44. The molecule has 0 saturated heterocycles. The Labute approximate surface area is 259 Å². The molecule has 224 valence electrons. The predicted octanol–water partition coefficient (Wildman–Crippen LogP) is 10.1. The minimum absolute atomic E-state index is 0.144. The summed E-state index contributed by atoms with van der Waals surface area (Å²) in [6.45, 7) is 2.28. The smallest absolute Gasteiger partial charge is 0.119 e. The number of rotatable bonds is 8. The zero-order valence-corrected chi connectivity index (χ0v) is 25.2. The second-order valence-electron chi connectivity index (χ2n) is 12.2. The molecule has 4 nitrogen and oxygen atoms in total. The summed E-state index contributed by atoms with van der Waals surface area (Å²) in [7, 11) is 0. The van der Waals surface area contributed by atoms with Gasteiger partial charge in [0, 0.05) is 17.0 Å². The van der Waals surface area contributed by atoms with Crippen molar-refractivity contribution in [2.24, 2.45) is 5.92 Å². The fraction of sp³-hybridized carbons (Fsp3) is 0.250. The van der Waals surface area contributed by atoms with Gasteiger partial charge in [0.15, 0.2) is 0 Å². The third-order valence-corrected chi connectivity index (χ3v) is 9.36. The Morgan fingerprint density at radius 1 is 0.545 bits per heavy atom. The second-order valence-corrected chi connectivity index (χ2v) is 12.2. The van der Waals surface area contributed by atoms with Crippen LogP contribution in [0.4, 0.5) is 0 Å². The van der Waals surface area contributed by atoms with Gasteiger partial charge in [-0.25, -0.2) is 0 Å². The Morgan fingerprint density at radius 2 is 1.00 bits per heavy atom. The molecule has 1 aliphatic carbocycles. The topological polar surface area (TPSA) is 80.9 Å². The summed E-state index contributed by atoms with van der Waals surface area (Å²) in [6, 6.07) is 33.9. The number of phenolic OH excluding ortho intramolecular Hbond substituents is 4. The van der Waals surface area contributed by atoms with Crippen LogP contribution < -0.4 is 0 Å². The minimum Gasteiger partial charge on any atom is -0.508 e. The summed E-state index contributed by atoms with van der Waals surface area (Å²) in [6.07, 6.45) is 7.61. The molecule has 0 radical (unpaired) electrons. The van der Waals surface area contributed by atoms with Crippen LogP contribution in [-0.2, 0) is 0 Å². The highest BCUT2D eigenvalue weighted by molar-refractivity contribution is 5.71. The third kappa shape index (κ3) is 6.30. The molecule has 44 heavy (non-hydrogen) atoms. The quantitative estimate of drug-likeness (QED) is 0.137. The van der Waals surface area contributed by atoms with Gasteiger partial charge in [0.2, 0.25) is 0 Å². The van der Waals surface area contributed by atoms with Crippen molar-refractivity contribution in [3.05, 3.63) is 131 Å². The van der Waals surface area contributed by atoms with Crippen molar-refractivity contribution in [1.29, 1.82) is 0 Å². The highest BCUT2D eigenvalue weighted by Gasteiger charge is 2.26. The molecule has 1 fully saturated rings. The van der Waals surface area contributed by atoms with Gasteiger partial charge >= 0.3 is 0 Å². The van der Waals surface area contributed by atoms with Crippen LogP contribution in [0, 0.1) is 5.92 Å². The van der Waals surface area contributed by atoms with Crippen LogP contribution in [-0.4, -0.2) is 20.4 Å². The van der Waals surface area contributed by atoms with E-state index >= 15 is 0 Å². The van der Waals surface area contributed by atoms with Crippen LogP contribution >= 0.6 is 0 Å². The molecule has 5 aromatic carbocycles. The Hall–Kier alpha value is -4.70. The molecular formula is C40H40O4. The maximum absolute atomic E-state index is 11.3. The van der Waals surface area contributed by atoms with Gasteiger partial charge < -0.3 is 20.4 Å². The minimum atomic E-state index is -0.446. The van der Waals surface area contributed by atoms with Gasteiger partial charge in [0.05, 0.1) is 0 Å². The lowest BCUT2D eigenvalue weighted by Crippen LogP contribution is -2.13. The van der Waals surface area contributed by atoms with Crippen LogP contribution in [0.15, 0.2) is 109 Å². The monoisotopic (exact) mass is 584 g/mol. The first-order valence-electron chi connectivity index (χ1n) is 15.7. The molecule has 0 unspecified atom stereocenters. The van der Waals surface area contributed by atoms with E-state index in [4.69, 9.17) is 0 Å². The molecule has 0 amide bonds. The van der Waals surface area contributed by atoms with Crippen molar-refractivity contribution in [2.75, 3.05) is 0 Å². The van der Waals surface area contributed by atoms with Crippen LogP contribution in [0.1, 0.15) is 79.5 Å². The first-order valence-corrected chi connectivity index (χ1v) is 15.7. The Balaban J connectivity index is 1.43. The number of aromatic hydroxyl groups is 4. The summed E-state index contributed by atoms with van der Waals surface area (Å²) in [5.74, 6) is 1.65. The van der Waals surface area contributed by atoms with E-state index in [0.717, 1.165) is 33.7 Å². The van der Waals surface area contributed by atoms with Crippen LogP contribution in [0.3, 0.4) is 0 Å². The molecule has 0 heterocycles. The maximum atomic E-state index is 11.3. The first-order chi connectivity index (χ1) is 21.4. The van der Waals surface area contributed by atoms with Crippen molar-refractivity contribution < 1.29 is 20.4 Å². The SMILES string of the molecule is CCCC1CCC(c2ccc(C(c3cc(-c4ccc(O)cc4)ccc3O)c3cc(-c4ccc(O)cc4)ccc3O)cc2)CC1. The summed E-state index contributed by atoms with van der Waals surface area (Å²) in [4.78, 5) is 0. The van der Waals surface area contributed by atoms with Crippen LogP contribution in [0.5, 0.6) is 23.0 Å². The van der Waals surface area contributed by atoms with E-state index in [-0.39, 0.29) is 23.0 Å². The number of phenols is 4. The average Bonchev–Trinajstić information content (AvgIpc) is 3.05. The Bertz CT molecular complexity index is 1600. The Morgan fingerprint density at radius 3 is 1.45 bits per heavy atom. The molecule has 5 aromatic rings. The molecule has 0 aliphatic heterocycles. The molecule has 1 aliphatic rings. The van der Waals surface area contributed by atoms with Gasteiger partial charge in [-0.15, -0.1) is 0 Å². The fourth-order valence-corrected chi connectivity index (χ4v) is 6.92. The Kier molecular flexibility index (Phi) is 8.60. The molecule has 1 saturated carbocycles. The molecule has 0 spiro atoms. The zero-order valence-electron chi connectivity index (χ0n) is 25.2. The van der Waals surface area contributed by atoms with Crippen LogP contribution in [0.25, 0.3) is 22.3 Å². The largest absolute Gasteiger partial charge is 0.508 e. The molecular weight excluding hydrogens is 544 g/mol. The molecule has 0 atom stereocenters. The summed E-state index contributed by atoms with van der Waals surface area (Å²) in [5.41, 5.74) is 7.33. The van der Waals surface area contributed by atoms with E-state index in [1.54, 1.807) is 36.4 Å². The van der Waals surface area contributed by atoms with Gasteiger partial charge in [-0.2, -0.15) is 0 Å². The lowest BCUT2D eigenvalue weighted by atomic mass is 9.76. The van der Waals surface area contributed by atoms with Gasteiger partial charge in [-0.05, 0) is 119 Å². The van der Waals surface area contributed by atoms with Crippen molar-refractivity contribution in [1.82, 2.24) is 0 Å². The zero-order chi connectivity index (χ0) is 30.6. The first kappa shape index (κ1) is 29.4. The second kappa shape index (κ2) is 12.9. The van der Waals surface area contributed by atoms with Crippen molar-refractivity contribution in [3.8, 4) is 45.3 Å². The molecule has 0 bridgehead atoms. The third-order valence-electron chi connectivity index (χ3n) is 9.36. The van der Waals surface area contributed by atoms with Crippen molar-refractivity contribution >= 4 is 0 Å². The van der Waals surface area contributed by atoms with Gasteiger partial charge in [-0.3, -0.25) is 0 Å².